The number of H-pyrrole nitrogens is 2. The highest BCUT2D eigenvalue weighted by Crippen LogP contribution is 2.39. The Morgan fingerprint density at radius 1 is 1.27 bits per heavy atom. The van der Waals surface area contributed by atoms with Crippen molar-refractivity contribution in [2.45, 2.75) is 12.8 Å². The molecule has 0 saturated heterocycles. The van der Waals surface area contributed by atoms with Crippen LogP contribution in [0.15, 0.2) is 57.8 Å². The lowest BCUT2D eigenvalue weighted by atomic mass is 9.82. The van der Waals surface area contributed by atoms with Gasteiger partial charge >= 0.3 is 11.7 Å². The maximum Gasteiger partial charge on any atom is 0.337 e. The molecular formula is C18H17N3O5. The molecular weight excluding hydrogens is 338 g/mol. The monoisotopic (exact) mass is 355 g/mol. The molecule has 0 bridgehead atoms. The van der Waals surface area contributed by atoms with Crippen molar-refractivity contribution in [1.82, 2.24) is 9.97 Å². The number of rotatable bonds is 4. The molecule has 8 nitrogen and oxygen atoms in total. The topological polar surface area (TPSA) is 124 Å². The highest BCUT2D eigenvalue weighted by atomic mass is 16.5. The summed E-state index contributed by atoms with van der Waals surface area (Å²) >= 11 is 0. The maximum atomic E-state index is 12.6. The van der Waals surface area contributed by atoms with Crippen LogP contribution in [0.2, 0.25) is 0 Å². The minimum atomic E-state index is -0.773. The number of aromatic amines is 2. The van der Waals surface area contributed by atoms with Gasteiger partial charge in [-0.2, -0.15) is 0 Å². The number of hydrogen-bond donors (Lipinski definition) is 4. The van der Waals surface area contributed by atoms with E-state index >= 15 is 0 Å². The average molecular weight is 355 g/mol. The molecule has 1 aromatic carbocycles. The van der Waals surface area contributed by atoms with E-state index in [-0.39, 0.29) is 29.3 Å². The van der Waals surface area contributed by atoms with Crippen molar-refractivity contribution in [3.8, 4) is 5.75 Å². The van der Waals surface area contributed by atoms with E-state index in [0.717, 1.165) is 0 Å². The van der Waals surface area contributed by atoms with Gasteiger partial charge in [-0.3, -0.25) is 14.8 Å². The van der Waals surface area contributed by atoms with Crippen molar-refractivity contribution >= 4 is 11.8 Å². The van der Waals surface area contributed by atoms with Gasteiger partial charge in [0.25, 0.3) is 5.56 Å². The third-order valence-corrected chi connectivity index (χ3v) is 4.05. The second-order valence-electron chi connectivity index (χ2n) is 5.77. The smallest absolute Gasteiger partial charge is 0.337 e. The molecule has 0 saturated carbocycles. The Morgan fingerprint density at radius 2 is 1.96 bits per heavy atom. The summed E-state index contributed by atoms with van der Waals surface area (Å²) in [6, 6.07) is 6.12. The Morgan fingerprint density at radius 3 is 2.62 bits per heavy atom. The number of carbonyl (C=O) groups excluding carboxylic acids is 1. The zero-order chi connectivity index (χ0) is 18.8. The van der Waals surface area contributed by atoms with Crippen LogP contribution in [0.1, 0.15) is 24.0 Å². The first kappa shape index (κ1) is 17.3. The van der Waals surface area contributed by atoms with Gasteiger partial charge in [-0.05, 0) is 24.6 Å². The average Bonchev–Trinajstić information content (AvgIpc) is 2.59. The molecule has 0 amide bonds. The minimum Gasteiger partial charge on any atom is -0.508 e. The Labute approximate surface area is 147 Å². The zero-order valence-corrected chi connectivity index (χ0v) is 14.0. The third-order valence-electron chi connectivity index (χ3n) is 4.05. The Hall–Kier alpha value is -3.55. The molecule has 0 fully saturated rings. The van der Waals surface area contributed by atoms with E-state index in [0.29, 0.717) is 11.3 Å². The number of aromatic nitrogens is 2. The molecule has 4 N–H and O–H groups in total. The number of anilines is 1. The normalized spacial score (nSPS) is 15.8. The molecule has 2 heterocycles. The van der Waals surface area contributed by atoms with E-state index in [2.05, 4.69) is 21.9 Å². The van der Waals surface area contributed by atoms with E-state index < -0.39 is 23.1 Å². The van der Waals surface area contributed by atoms with Gasteiger partial charge in [-0.25, -0.2) is 9.59 Å². The number of nitrogens with one attached hydrogen (secondary N) is 3. The first-order valence-corrected chi connectivity index (χ1v) is 7.83. The third kappa shape index (κ3) is 3.04. The van der Waals surface area contributed by atoms with E-state index in [4.69, 9.17) is 4.74 Å². The summed E-state index contributed by atoms with van der Waals surface area (Å²) in [7, 11) is 0. The van der Waals surface area contributed by atoms with Crippen LogP contribution in [0.25, 0.3) is 0 Å². The summed E-state index contributed by atoms with van der Waals surface area (Å²) in [5.41, 5.74) is 0.194. The van der Waals surface area contributed by atoms with Crippen molar-refractivity contribution in [1.29, 1.82) is 0 Å². The van der Waals surface area contributed by atoms with Gasteiger partial charge in [0, 0.05) is 5.70 Å². The molecule has 1 aliphatic rings. The number of allylic oxidation sites excluding steroid dienone is 1. The fraction of sp³-hybridized carbons (Fsp3) is 0.167. The molecule has 0 radical (unpaired) electrons. The molecule has 8 heteroatoms. The van der Waals surface area contributed by atoms with Gasteiger partial charge in [-0.1, -0.05) is 24.8 Å². The van der Waals surface area contributed by atoms with Crippen LogP contribution in [-0.4, -0.2) is 27.7 Å². The first-order chi connectivity index (χ1) is 12.4. The summed E-state index contributed by atoms with van der Waals surface area (Å²) in [6.07, 6.45) is 1.44. The molecule has 3 rings (SSSR count). The standard InChI is InChI=1S/C18H17N3O5/c1-3-8-26-17(24)12-9(2)19-15-14(16(23)21-18(25)20-15)13(12)10-4-6-11(22)7-5-10/h3-7,13,22H,1,8H2,2H3,(H3,19,20,21,23,25). The quantitative estimate of drug-likeness (QED) is 0.484. The van der Waals surface area contributed by atoms with Crippen molar-refractivity contribution in [2.75, 3.05) is 11.9 Å². The van der Waals surface area contributed by atoms with Crippen molar-refractivity contribution in [3.05, 3.63) is 80.2 Å². The predicted octanol–water partition coefficient (Wildman–Crippen LogP) is 1.33. The van der Waals surface area contributed by atoms with Gasteiger partial charge in [0.1, 0.15) is 18.2 Å². The highest BCUT2D eigenvalue weighted by Gasteiger charge is 2.35. The van der Waals surface area contributed by atoms with Crippen LogP contribution >= 0.6 is 0 Å². The number of phenolic OH excluding ortho intramolecular Hbond substituents is 1. The molecule has 0 spiro atoms. The number of carbonyl (C=O) groups is 1. The number of aromatic hydroxyl groups is 1. The van der Waals surface area contributed by atoms with Crippen LogP contribution < -0.4 is 16.6 Å². The van der Waals surface area contributed by atoms with Crippen LogP contribution in [0, 0.1) is 0 Å². The number of hydrogen-bond acceptors (Lipinski definition) is 6. The number of phenols is 1. The highest BCUT2D eigenvalue weighted by molar-refractivity contribution is 5.94. The molecule has 1 atom stereocenters. The lowest BCUT2D eigenvalue weighted by Gasteiger charge is -2.28. The van der Waals surface area contributed by atoms with Gasteiger partial charge in [-0.15, -0.1) is 0 Å². The van der Waals surface area contributed by atoms with E-state index in [1.165, 1.54) is 18.2 Å². The van der Waals surface area contributed by atoms with Crippen LogP contribution in [-0.2, 0) is 9.53 Å². The molecule has 1 aliphatic heterocycles. The van der Waals surface area contributed by atoms with Gasteiger partial charge in [0.05, 0.1) is 17.1 Å². The largest absolute Gasteiger partial charge is 0.508 e. The zero-order valence-electron chi connectivity index (χ0n) is 14.0. The molecule has 1 aromatic heterocycles. The lowest BCUT2D eigenvalue weighted by Crippen LogP contribution is -2.35. The van der Waals surface area contributed by atoms with Crippen LogP contribution in [0.4, 0.5) is 5.82 Å². The molecule has 134 valence electrons. The van der Waals surface area contributed by atoms with Gasteiger partial charge < -0.3 is 15.2 Å². The number of ether oxygens (including phenoxy) is 1. The van der Waals surface area contributed by atoms with Crippen molar-refractivity contribution in [2.24, 2.45) is 0 Å². The van der Waals surface area contributed by atoms with Crippen LogP contribution in [0.5, 0.6) is 5.75 Å². The maximum absolute atomic E-state index is 12.6. The molecule has 2 aromatic rings. The second kappa shape index (κ2) is 6.75. The summed E-state index contributed by atoms with van der Waals surface area (Å²) in [5, 5.41) is 12.4. The minimum absolute atomic E-state index is 0.0206. The molecule has 1 unspecified atom stereocenters. The van der Waals surface area contributed by atoms with E-state index in [1.807, 2.05) is 0 Å². The SMILES string of the molecule is C=CCOC(=O)C1=C(C)Nc2[nH]c(=O)[nH]c(=O)c2C1c1ccc(O)cc1. The Bertz CT molecular complexity index is 1010. The first-order valence-electron chi connectivity index (χ1n) is 7.83. The number of fused-ring (bicyclic) bond motifs is 1. The second-order valence-corrected chi connectivity index (χ2v) is 5.77. The summed E-state index contributed by atoms with van der Waals surface area (Å²) in [6.45, 7) is 5.19. The summed E-state index contributed by atoms with van der Waals surface area (Å²) < 4.78 is 5.17. The van der Waals surface area contributed by atoms with Crippen molar-refractivity contribution < 1.29 is 14.6 Å². The number of benzene rings is 1. The van der Waals surface area contributed by atoms with E-state index in [1.54, 1.807) is 19.1 Å². The van der Waals surface area contributed by atoms with Gasteiger partial charge in [0.2, 0.25) is 0 Å². The molecule has 26 heavy (non-hydrogen) atoms. The fourth-order valence-corrected chi connectivity index (χ4v) is 2.97. The van der Waals surface area contributed by atoms with E-state index in [9.17, 15) is 19.5 Å². The summed E-state index contributed by atoms with van der Waals surface area (Å²) in [4.78, 5) is 41.4. The van der Waals surface area contributed by atoms with Gasteiger partial charge in [0.15, 0.2) is 0 Å². The summed E-state index contributed by atoms with van der Waals surface area (Å²) in [5.74, 6) is -1.11. The predicted molar refractivity (Wildman–Crippen MR) is 95.1 cm³/mol. The van der Waals surface area contributed by atoms with Crippen molar-refractivity contribution in [3.63, 3.8) is 0 Å². The van der Waals surface area contributed by atoms with Crippen LogP contribution in [0.3, 0.4) is 0 Å². The number of esters is 1. The fourth-order valence-electron chi connectivity index (χ4n) is 2.97. The Kier molecular flexibility index (Phi) is 4.49. The molecule has 0 aliphatic carbocycles. The lowest BCUT2D eigenvalue weighted by molar-refractivity contribution is -0.138. The Balaban J connectivity index is 2.23.